The van der Waals surface area contributed by atoms with Gasteiger partial charge < -0.3 is 19.4 Å². The van der Waals surface area contributed by atoms with Crippen LogP contribution in [0.1, 0.15) is 41.5 Å². The number of methoxy groups -OCH3 is 1. The fourth-order valence-electron chi connectivity index (χ4n) is 4.21. The van der Waals surface area contributed by atoms with Crippen molar-refractivity contribution < 1.29 is 14.3 Å². The Morgan fingerprint density at radius 1 is 1.05 bits per heavy atom. The van der Waals surface area contributed by atoms with Crippen LogP contribution in [-0.4, -0.2) is 35.7 Å². The summed E-state index contributed by atoms with van der Waals surface area (Å²) < 4.78 is 13.7. The van der Waals surface area contributed by atoms with E-state index in [4.69, 9.17) is 26.1 Å². The lowest BCUT2D eigenvalue weighted by molar-refractivity contribution is 0.0954. The standard InChI is InChI=1S/C30H32ClN3O3/c1-3-8-22-11-16-27(28(21-22)36-2)37-20-7-6-19-34-26-10-5-4-9-25(26)33-29(34)17-18-32-30(35)23-12-14-24(31)15-13-23/h3-5,8-16,21H,6-7,17-20H2,1-2H3,(H,32,35)/b8-3+. The summed E-state index contributed by atoms with van der Waals surface area (Å²) in [5.74, 6) is 2.32. The summed E-state index contributed by atoms with van der Waals surface area (Å²) in [5.41, 5.74) is 3.73. The molecule has 4 aromatic rings. The maximum Gasteiger partial charge on any atom is 0.251 e. The Bertz CT molecular complexity index is 1360. The summed E-state index contributed by atoms with van der Waals surface area (Å²) in [7, 11) is 1.66. The average molecular weight is 518 g/mol. The monoisotopic (exact) mass is 517 g/mol. The smallest absolute Gasteiger partial charge is 0.251 e. The van der Waals surface area contributed by atoms with Gasteiger partial charge in [-0.2, -0.15) is 0 Å². The van der Waals surface area contributed by atoms with E-state index in [1.165, 1.54) is 0 Å². The maximum absolute atomic E-state index is 12.5. The highest BCUT2D eigenvalue weighted by Crippen LogP contribution is 2.29. The lowest BCUT2D eigenvalue weighted by Gasteiger charge is -2.13. The molecule has 0 saturated carbocycles. The molecule has 3 aromatic carbocycles. The van der Waals surface area contributed by atoms with Gasteiger partial charge in [-0.25, -0.2) is 4.98 Å². The van der Waals surface area contributed by atoms with E-state index in [2.05, 4.69) is 16.0 Å². The number of allylic oxidation sites excluding steroid dienone is 1. The molecule has 7 heteroatoms. The molecule has 1 amide bonds. The first-order valence-corrected chi connectivity index (χ1v) is 12.9. The van der Waals surface area contributed by atoms with E-state index in [1.54, 1.807) is 31.4 Å². The van der Waals surface area contributed by atoms with Crippen LogP contribution in [0.15, 0.2) is 72.8 Å². The lowest BCUT2D eigenvalue weighted by Crippen LogP contribution is -2.26. The molecule has 192 valence electrons. The van der Waals surface area contributed by atoms with Gasteiger partial charge in [0, 0.05) is 30.1 Å². The Labute approximate surface area is 222 Å². The predicted molar refractivity (Wildman–Crippen MR) is 150 cm³/mol. The highest BCUT2D eigenvalue weighted by molar-refractivity contribution is 6.30. The first-order chi connectivity index (χ1) is 18.1. The number of aromatic nitrogens is 2. The summed E-state index contributed by atoms with van der Waals surface area (Å²) in [5, 5.41) is 3.59. The molecule has 37 heavy (non-hydrogen) atoms. The number of benzene rings is 3. The fourth-order valence-corrected chi connectivity index (χ4v) is 4.34. The van der Waals surface area contributed by atoms with Crippen molar-refractivity contribution in [3.05, 3.63) is 94.8 Å². The molecule has 0 spiro atoms. The molecule has 1 heterocycles. The maximum atomic E-state index is 12.5. The summed E-state index contributed by atoms with van der Waals surface area (Å²) >= 11 is 5.92. The molecule has 0 aliphatic rings. The quantitative estimate of drug-likeness (QED) is 0.216. The number of carbonyl (C=O) groups is 1. The molecule has 0 unspecified atom stereocenters. The Kier molecular flexibility index (Phi) is 9.22. The average Bonchev–Trinajstić information content (AvgIpc) is 3.26. The predicted octanol–water partition coefficient (Wildman–Crippen LogP) is 6.56. The molecule has 4 rings (SSSR count). The van der Waals surface area contributed by atoms with Crippen LogP contribution in [0.3, 0.4) is 0 Å². The number of hydrogen-bond acceptors (Lipinski definition) is 4. The molecule has 0 radical (unpaired) electrons. The van der Waals surface area contributed by atoms with Crippen LogP contribution >= 0.6 is 11.6 Å². The van der Waals surface area contributed by atoms with Gasteiger partial charge in [-0.3, -0.25) is 4.79 Å². The van der Waals surface area contributed by atoms with Crippen LogP contribution in [0.5, 0.6) is 11.5 Å². The summed E-state index contributed by atoms with van der Waals surface area (Å²) in [6.45, 7) is 3.90. The number of fused-ring (bicyclic) bond motifs is 1. The lowest BCUT2D eigenvalue weighted by atomic mass is 10.2. The minimum absolute atomic E-state index is 0.120. The Morgan fingerprint density at radius 3 is 2.65 bits per heavy atom. The number of ether oxygens (including phenoxy) is 2. The molecule has 0 atom stereocenters. The molecular formula is C30H32ClN3O3. The topological polar surface area (TPSA) is 65.4 Å². The van der Waals surface area contributed by atoms with E-state index in [-0.39, 0.29) is 5.91 Å². The van der Waals surface area contributed by atoms with Crippen LogP contribution < -0.4 is 14.8 Å². The second kappa shape index (κ2) is 13.0. The van der Waals surface area contributed by atoms with Crippen LogP contribution in [0.25, 0.3) is 17.1 Å². The third-order valence-electron chi connectivity index (χ3n) is 6.05. The van der Waals surface area contributed by atoms with Gasteiger partial charge in [0.2, 0.25) is 0 Å². The van der Waals surface area contributed by atoms with E-state index in [0.29, 0.717) is 30.2 Å². The highest BCUT2D eigenvalue weighted by atomic mass is 35.5. The van der Waals surface area contributed by atoms with Crippen molar-refractivity contribution in [2.45, 2.75) is 32.7 Å². The van der Waals surface area contributed by atoms with Crippen LogP contribution in [-0.2, 0) is 13.0 Å². The van der Waals surface area contributed by atoms with Gasteiger partial charge in [0.15, 0.2) is 11.5 Å². The van der Waals surface area contributed by atoms with E-state index < -0.39 is 0 Å². The van der Waals surface area contributed by atoms with Crippen LogP contribution in [0, 0.1) is 0 Å². The summed E-state index contributed by atoms with van der Waals surface area (Å²) in [4.78, 5) is 17.3. The van der Waals surface area contributed by atoms with Gasteiger partial charge in [-0.1, -0.05) is 42.0 Å². The number of hydrogen-bond donors (Lipinski definition) is 1. The van der Waals surface area contributed by atoms with Crippen molar-refractivity contribution in [2.75, 3.05) is 20.3 Å². The number of amides is 1. The number of halogens is 1. The van der Waals surface area contributed by atoms with Gasteiger partial charge in [-0.05, 0) is 73.9 Å². The third-order valence-corrected chi connectivity index (χ3v) is 6.31. The van der Waals surface area contributed by atoms with Crippen molar-refractivity contribution in [1.82, 2.24) is 14.9 Å². The molecule has 1 N–H and O–H groups in total. The van der Waals surface area contributed by atoms with Gasteiger partial charge in [-0.15, -0.1) is 0 Å². The first-order valence-electron chi connectivity index (χ1n) is 12.5. The molecule has 0 aliphatic carbocycles. The second-order valence-electron chi connectivity index (χ2n) is 8.65. The molecule has 1 aromatic heterocycles. The van der Waals surface area contributed by atoms with Gasteiger partial charge in [0.25, 0.3) is 5.91 Å². The van der Waals surface area contributed by atoms with E-state index in [0.717, 1.165) is 53.3 Å². The number of para-hydroxylation sites is 2. The van der Waals surface area contributed by atoms with E-state index in [1.807, 2.05) is 55.5 Å². The summed E-state index contributed by atoms with van der Waals surface area (Å²) in [6.07, 6.45) is 6.49. The van der Waals surface area contributed by atoms with E-state index >= 15 is 0 Å². The number of aryl methyl sites for hydroxylation is 1. The zero-order valence-corrected chi connectivity index (χ0v) is 22.0. The zero-order chi connectivity index (χ0) is 26.0. The molecule has 0 aliphatic heterocycles. The molecule has 0 fully saturated rings. The highest BCUT2D eigenvalue weighted by Gasteiger charge is 2.12. The number of nitrogens with one attached hydrogen (secondary N) is 1. The normalized spacial score (nSPS) is 11.2. The van der Waals surface area contributed by atoms with Gasteiger partial charge >= 0.3 is 0 Å². The van der Waals surface area contributed by atoms with Crippen LogP contribution in [0.2, 0.25) is 5.02 Å². The molecule has 6 nitrogen and oxygen atoms in total. The van der Waals surface area contributed by atoms with Crippen molar-refractivity contribution in [3.63, 3.8) is 0 Å². The second-order valence-corrected chi connectivity index (χ2v) is 9.08. The number of imidazole rings is 1. The molecular weight excluding hydrogens is 486 g/mol. The minimum Gasteiger partial charge on any atom is -0.493 e. The Balaban J connectivity index is 1.33. The number of rotatable bonds is 12. The SMILES string of the molecule is C/C=C/c1ccc(OCCCCn2c(CCNC(=O)c3ccc(Cl)cc3)nc3ccccc32)c(OC)c1. The third kappa shape index (κ3) is 6.92. The number of nitrogens with zero attached hydrogens (tertiary/aromatic N) is 2. The molecule has 0 bridgehead atoms. The van der Waals surface area contributed by atoms with Gasteiger partial charge in [0.05, 0.1) is 24.8 Å². The van der Waals surface area contributed by atoms with Gasteiger partial charge in [0.1, 0.15) is 5.82 Å². The van der Waals surface area contributed by atoms with Crippen LogP contribution in [0.4, 0.5) is 0 Å². The molecule has 0 saturated heterocycles. The number of unbranched alkanes of at least 4 members (excludes halogenated alkanes) is 1. The zero-order valence-electron chi connectivity index (χ0n) is 21.2. The summed E-state index contributed by atoms with van der Waals surface area (Å²) in [6, 6.07) is 21.0. The fraction of sp³-hybridized carbons (Fsp3) is 0.267. The number of carbonyl (C=O) groups excluding carboxylic acids is 1. The van der Waals surface area contributed by atoms with E-state index in [9.17, 15) is 4.79 Å². The van der Waals surface area contributed by atoms with Crippen molar-refractivity contribution in [1.29, 1.82) is 0 Å². The van der Waals surface area contributed by atoms with Crippen molar-refractivity contribution in [3.8, 4) is 11.5 Å². The first kappa shape index (κ1) is 26.3. The largest absolute Gasteiger partial charge is 0.493 e. The Hall–Kier alpha value is -3.77. The minimum atomic E-state index is -0.120. The Morgan fingerprint density at radius 2 is 1.86 bits per heavy atom. The van der Waals surface area contributed by atoms with Crippen molar-refractivity contribution in [2.24, 2.45) is 0 Å². The van der Waals surface area contributed by atoms with Crippen molar-refractivity contribution >= 4 is 34.6 Å².